The number of aryl methyl sites for hydroxylation is 1. The van der Waals surface area contributed by atoms with Crippen LogP contribution in [0.1, 0.15) is 17.5 Å². The molecule has 1 saturated carbocycles. The Morgan fingerprint density at radius 1 is 0.862 bits per heavy atom. The first-order chi connectivity index (χ1) is 14.1. The quantitative estimate of drug-likeness (QED) is 0.663. The minimum Gasteiger partial charge on any atom is -0.326 e. The van der Waals surface area contributed by atoms with Gasteiger partial charge in [-0.05, 0) is 43.2 Å². The third-order valence-electron chi connectivity index (χ3n) is 5.28. The standard InChI is InChI=1S/C25H24N2O2/c1-18-12-14-20(15-13-18)26-24(28)22-16-23(22)25(29)27(21-10-6-3-7-11-21)17-19-8-4-2-5-9-19/h2-15,22-23H,16-17H2,1H3,(H,26,28). The van der Waals surface area contributed by atoms with Crippen molar-refractivity contribution in [3.05, 3.63) is 96.1 Å². The Morgan fingerprint density at radius 3 is 2.14 bits per heavy atom. The molecule has 2 amide bonds. The molecule has 4 rings (SSSR count). The van der Waals surface area contributed by atoms with Gasteiger partial charge >= 0.3 is 0 Å². The molecule has 0 aliphatic heterocycles. The van der Waals surface area contributed by atoms with E-state index in [-0.39, 0.29) is 23.7 Å². The van der Waals surface area contributed by atoms with E-state index in [0.29, 0.717) is 13.0 Å². The lowest BCUT2D eigenvalue weighted by molar-refractivity contribution is -0.123. The van der Waals surface area contributed by atoms with Gasteiger partial charge in [-0.3, -0.25) is 9.59 Å². The number of hydrogen-bond acceptors (Lipinski definition) is 2. The second kappa shape index (κ2) is 8.31. The highest BCUT2D eigenvalue weighted by Gasteiger charge is 2.49. The highest BCUT2D eigenvalue weighted by molar-refractivity contribution is 6.04. The van der Waals surface area contributed by atoms with Crippen LogP contribution in [0.25, 0.3) is 0 Å². The zero-order valence-corrected chi connectivity index (χ0v) is 16.4. The van der Waals surface area contributed by atoms with E-state index in [2.05, 4.69) is 5.32 Å². The van der Waals surface area contributed by atoms with E-state index < -0.39 is 0 Å². The molecule has 1 fully saturated rings. The number of nitrogens with zero attached hydrogens (tertiary/aromatic N) is 1. The molecular formula is C25H24N2O2. The Labute approximate surface area is 171 Å². The fourth-order valence-electron chi connectivity index (χ4n) is 3.50. The summed E-state index contributed by atoms with van der Waals surface area (Å²) < 4.78 is 0. The van der Waals surface area contributed by atoms with Gasteiger partial charge in [0.15, 0.2) is 0 Å². The lowest BCUT2D eigenvalue weighted by Crippen LogP contribution is -2.33. The van der Waals surface area contributed by atoms with Gasteiger partial charge in [0.1, 0.15) is 0 Å². The largest absolute Gasteiger partial charge is 0.326 e. The summed E-state index contributed by atoms with van der Waals surface area (Å²) in [6.45, 7) is 2.50. The normalized spacial score (nSPS) is 17.4. The van der Waals surface area contributed by atoms with Crippen molar-refractivity contribution in [3.63, 3.8) is 0 Å². The van der Waals surface area contributed by atoms with E-state index in [1.807, 2.05) is 91.9 Å². The maximum atomic E-state index is 13.3. The van der Waals surface area contributed by atoms with Gasteiger partial charge in [-0.15, -0.1) is 0 Å². The number of rotatable bonds is 6. The molecule has 1 N–H and O–H groups in total. The smallest absolute Gasteiger partial charge is 0.231 e. The number of para-hydroxylation sites is 1. The fourth-order valence-corrected chi connectivity index (χ4v) is 3.50. The Hall–Kier alpha value is -3.40. The van der Waals surface area contributed by atoms with Gasteiger partial charge in [-0.2, -0.15) is 0 Å². The maximum Gasteiger partial charge on any atom is 0.231 e. The first-order valence-corrected chi connectivity index (χ1v) is 9.90. The van der Waals surface area contributed by atoms with Crippen LogP contribution in [0.5, 0.6) is 0 Å². The van der Waals surface area contributed by atoms with Crippen LogP contribution in [0.15, 0.2) is 84.9 Å². The fraction of sp³-hybridized carbons (Fsp3) is 0.200. The van der Waals surface area contributed by atoms with Crippen LogP contribution in [0.3, 0.4) is 0 Å². The van der Waals surface area contributed by atoms with Crippen molar-refractivity contribution in [2.75, 3.05) is 10.2 Å². The zero-order valence-electron chi connectivity index (χ0n) is 16.4. The zero-order chi connectivity index (χ0) is 20.2. The van der Waals surface area contributed by atoms with Crippen LogP contribution in [0.4, 0.5) is 11.4 Å². The molecular weight excluding hydrogens is 360 g/mol. The van der Waals surface area contributed by atoms with Crippen LogP contribution >= 0.6 is 0 Å². The summed E-state index contributed by atoms with van der Waals surface area (Å²) in [5, 5.41) is 2.93. The first-order valence-electron chi connectivity index (χ1n) is 9.90. The Kier molecular flexibility index (Phi) is 5.43. The minimum atomic E-state index is -0.274. The molecule has 4 nitrogen and oxygen atoms in total. The van der Waals surface area contributed by atoms with Gasteiger partial charge in [0, 0.05) is 11.4 Å². The number of benzene rings is 3. The summed E-state index contributed by atoms with van der Waals surface area (Å²) in [4.78, 5) is 27.7. The van der Waals surface area contributed by atoms with Gasteiger partial charge in [0.25, 0.3) is 0 Å². The number of hydrogen-bond donors (Lipinski definition) is 1. The summed E-state index contributed by atoms with van der Waals surface area (Å²) in [6.07, 6.45) is 0.592. The predicted molar refractivity (Wildman–Crippen MR) is 115 cm³/mol. The van der Waals surface area contributed by atoms with Crippen LogP contribution in [0, 0.1) is 18.8 Å². The van der Waals surface area contributed by atoms with Gasteiger partial charge in [0.2, 0.25) is 11.8 Å². The summed E-state index contributed by atoms with van der Waals surface area (Å²) in [5.74, 6) is -0.626. The molecule has 0 saturated heterocycles. The van der Waals surface area contributed by atoms with E-state index in [1.54, 1.807) is 4.90 Å². The van der Waals surface area contributed by atoms with Crippen molar-refractivity contribution in [2.45, 2.75) is 19.9 Å². The molecule has 0 spiro atoms. The van der Waals surface area contributed by atoms with Gasteiger partial charge in [-0.25, -0.2) is 0 Å². The van der Waals surface area contributed by atoms with Crippen LogP contribution in [-0.2, 0) is 16.1 Å². The van der Waals surface area contributed by atoms with Crippen molar-refractivity contribution in [2.24, 2.45) is 11.8 Å². The third kappa shape index (κ3) is 4.54. The maximum absolute atomic E-state index is 13.3. The van der Waals surface area contributed by atoms with Crippen molar-refractivity contribution in [3.8, 4) is 0 Å². The SMILES string of the molecule is Cc1ccc(NC(=O)C2CC2C(=O)N(Cc2ccccc2)c2ccccc2)cc1. The van der Waals surface area contributed by atoms with Crippen molar-refractivity contribution in [1.82, 2.24) is 0 Å². The highest BCUT2D eigenvalue weighted by atomic mass is 16.2. The Balaban J connectivity index is 1.47. The molecule has 3 aromatic rings. The summed E-state index contributed by atoms with van der Waals surface area (Å²) in [5.41, 5.74) is 3.82. The number of carbonyl (C=O) groups is 2. The van der Waals surface area contributed by atoms with E-state index >= 15 is 0 Å². The average molecular weight is 384 g/mol. The molecule has 29 heavy (non-hydrogen) atoms. The number of amides is 2. The minimum absolute atomic E-state index is 0.00380. The Morgan fingerprint density at radius 2 is 1.48 bits per heavy atom. The van der Waals surface area contributed by atoms with Crippen molar-refractivity contribution < 1.29 is 9.59 Å². The molecule has 1 aliphatic rings. The van der Waals surface area contributed by atoms with Gasteiger partial charge in [-0.1, -0.05) is 66.2 Å². The molecule has 0 aromatic heterocycles. The Bertz CT molecular complexity index is 984. The summed E-state index contributed by atoms with van der Waals surface area (Å²) in [7, 11) is 0. The molecule has 0 radical (unpaired) electrons. The van der Waals surface area contributed by atoms with Crippen LogP contribution < -0.4 is 10.2 Å². The predicted octanol–water partition coefficient (Wildman–Crippen LogP) is 4.80. The van der Waals surface area contributed by atoms with Crippen LogP contribution in [0.2, 0.25) is 0 Å². The lowest BCUT2D eigenvalue weighted by atomic mass is 10.1. The molecule has 0 heterocycles. The lowest BCUT2D eigenvalue weighted by Gasteiger charge is -2.23. The third-order valence-corrected chi connectivity index (χ3v) is 5.28. The molecule has 146 valence electrons. The van der Waals surface area contributed by atoms with E-state index in [0.717, 1.165) is 22.5 Å². The second-order valence-corrected chi connectivity index (χ2v) is 7.55. The van der Waals surface area contributed by atoms with Gasteiger partial charge < -0.3 is 10.2 Å². The van der Waals surface area contributed by atoms with Crippen molar-refractivity contribution in [1.29, 1.82) is 0 Å². The van der Waals surface area contributed by atoms with E-state index in [9.17, 15) is 9.59 Å². The topological polar surface area (TPSA) is 49.4 Å². The average Bonchev–Trinajstić information content (AvgIpc) is 3.56. The summed E-state index contributed by atoms with van der Waals surface area (Å²) >= 11 is 0. The molecule has 2 atom stereocenters. The number of anilines is 2. The van der Waals surface area contributed by atoms with Crippen molar-refractivity contribution >= 4 is 23.2 Å². The van der Waals surface area contributed by atoms with Gasteiger partial charge in [0.05, 0.1) is 18.4 Å². The number of nitrogens with one attached hydrogen (secondary N) is 1. The number of carbonyl (C=O) groups excluding carboxylic acids is 2. The molecule has 4 heteroatoms. The molecule has 1 aliphatic carbocycles. The second-order valence-electron chi connectivity index (χ2n) is 7.55. The van der Waals surface area contributed by atoms with E-state index in [1.165, 1.54) is 0 Å². The van der Waals surface area contributed by atoms with E-state index in [4.69, 9.17) is 0 Å². The monoisotopic (exact) mass is 384 g/mol. The molecule has 0 bridgehead atoms. The summed E-state index contributed by atoms with van der Waals surface area (Å²) in [6, 6.07) is 27.3. The first kappa shape index (κ1) is 18.9. The molecule has 3 aromatic carbocycles. The molecule has 2 unspecified atom stereocenters. The van der Waals surface area contributed by atoms with Crippen LogP contribution in [-0.4, -0.2) is 11.8 Å². The highest BCUT2D eigenvalue weighted by Crippen LogP contribution is 2.42.